The van der Waals surface area contributed by atoms with Crippen molar-refractivity contribution in [2.45, 2.75) is 90.5 Å². The van der Waals surface area contributed by atoms with Gasteiger partial charge in [-0.1, -0.05) is 44.5 Å². The first-order chi connectivity index (χ1) is 15.0. The molecule has 0 aromatic heterocycles. The van der Waals surface area contributed by atoms with Crippen molar-refractivity contribution in [3.05, 3.63) is 53.6 Å². The van der Waals surface area contributed by atoms with E-state index >= 15 is 0 Å². The van der Waals surface area contributed by atoms with Gasteiger partial charge in [0.05, 0.1) is 22.9 Å². The summed E-state index contributed by atoms with van der Waals surface area (Å²) in [6.45, 7) is 22.1. The summed E-state index contributed by atoms with van der Waals surface area (Å²) >= 11 is 0. The van der Waals surface area contributed by atoms with Crippen LogP contribution in [0.2, 0.25) is 18.1 Å². The molecule has 184 valence electrons. The van der Waals surface area contributed by atoms with Crippen LogP contribution < -0.4 is 9.62 Å². The molecule has 0 aliphatic heterocycles. The van der Waals surface area contributed by atoms with Crippen LogP contribution in [0.3, 0.4) is 0 Å². The van der Waals surface area contributed by atoms with E-state index in [9.17, 15) is 8.42 Å². The highest BCUT2D eigenvalue weighted by Crippen LogP contribution is 2.37. The summed E-state index contributed by atoms with van der Waals surface area (Å²) in [7, 11) is -5.61. The second kappa shape index (κ2) is 10.2. The lowest BCUT2D eigenvalue weighted by Crippen LogP contribution is -2.47. The molecule has 0 amide bonds. The van der Waals surface area contributed by atoms with Crippen LogP contribution in [-0.4, -0.2) is 35.4 Å². The number of sulfonamides is 1. The Kier molecular flexibility index (Phi) is 8.47. The van der Waals surface area contributed by atoms with Crippen LogP contribution in [-0.2, 0) is 14.4 Å². The number of hydrogen-bond donors (Lipinski definition) is 1. The Morgan fingerprint density at radius 1 is 0.970 bits per heavy atom. The van der Waals surface area contributed by atoms with Crippen molar-refractivity contribution < 1.29 is 12.8 Å². The molecule has 0 bridgehead atoms. The molecule has 1 unspecified atom stereocenters. The van der Waals surface area contributed by atoms with Crippen molar-refractivity contribution in [2.75, 3.05) is 16.2 Å². The molecule has 5 nitrogen and oxygen atoms in total. The predicted octanol–water partition coefficient (Wildman–Crippen LogP) is 6.73. The van der Waals surface area contributed by atoms with E-state index in [2.05, 4.69) is 64.3 Å². The molecule has 0 fully saturated rings. The van der Waals surface area contributed by atoms with Crippen molar-refractivity contribution in [2.24, 2.45) is 0 Å². The molecule has 2 aromatic rings. The molecule has 1 atom stereocenters. The third kappa shape index (κ3) is 6.84. The Balaban J connectivity index is 2.39. The highest BCUT2D eigenvalue weighted by molar-refractivity contribution is 7.92. The summed E-state index contributed by atoms with van der Waals surface area (Å²) in [6.07, 6.45) is 0. The van der Waals surface area contributed by atoms with Crippen molar-refractivity contribution in [3.63, 3.8) is 0 Å². The molecule has 0 aliphatic rings. The summed E-state index contributed by atoms with van der Waals surface area (Å²) in [5, 5.41) is 0.133. The van der Waals surface area contributed by atoms with Gasteiger partial charge in [-0.05, 0) is 82.6 Å². The van der Waals surface area contributed by atoms with E-state index in [0.717, 1.165) is 16.8 Å². The highest BCUT2D eigenvalue weighted by atomic mass is 32.2. The van der Waals surface area contributed by atoms with Crippen molar-refractivity contribution in [3.8, 4) is 0 Å². The molecule has 2 rings (SSSR count). The summed E-state index contributed by atoms with van der Waals surface area (Å²) < 4.78 is 35.7. The summed E-state index contributed by atoms with van der Waals surface area (Å²) in [5.74, 6) is 0. The number of nitrogens with zero attached hydrogens (tertiary/aromatic N) is 1. The van der Waals surface area contributed by atoms with Gasteiger partial charge in [0, 0.05) is 12.1 Å². The molecule has 0 saturated carbocycles. The normalized spacial score (nSPS) is 13.8. The van der Waals surface area contributed by atoms with Gasteiger partial charge in [-0.15, -0.1) is 0 Å². The number of benzene rings is 2. The van der Waals surface area contributed by atoms with E-state index in [4.69, 9.17) is 4.43 Å². The van der Waals surface area contributed by atoms with Crippen molar-refractivity contribution in [1.29, 1.82) is 0 Å². The number of anilines is 2. The molecule has 0 heterocycles. The minimum absolute atomic E-state index is 0.0736. The van der Waals surface area contributed by atoms with E-state index in [0.29, 0.717) is 12.3 Å². The first-order valence-electron chi connectivity index (χ1n) is 11.7. The van der Waals surface area contributed by atoms with Crippen molar-refractivity contribution >= 4 is 29.7 Å². The Bertz CT molecular complexity index is 1040. The Hall–Kier alpha value is -1.83. The molecular formula is C26H42N2O3SSi. The molecule has 0 radical (unpaired) electrons. The van der Waals surface area contributed by atoms with Crippen LogP contribution in [0, 0.1) is 13.8 Å². The van der Waals surface area contributed by atoms with Gasteiger partial charge in [-0.25, -0.2) is 8.42 Å². The van der Waals surface area contributed by atoms with E-state index in [-0.39, 0.29) is 22.0 Å². The number of aryl methyl sites for hydroxylation is 2. The molecule has 0 spiro atoms. The summed E-state index contributed by atoms with van der Waals surface area (Å²) in [4.78, 5) is 2.51. The van der Waals surface area contributed by atoms with Crippen LogP contribution >= 0.6 is 0 Å². The molecule has 2 aromatic carbocycles. The quantitative estimate of drug-likeness (QED) is 0.396. The smallest absolute Gasteiger partial charge is 0.261 e. The fourth-order valence-electron chi connectivity index (χ4n) is 3.53. The van der Waals surface area contributed by atoms with Gasteiger partial charge in [-0.2, -0.15) is 0 Å². The largest absolute Gasteiger partial charge is 0.415 e. The van der Waals surface area contributed by atoms with E-state index in [1.165, 1.54) is 0 Å². The van der Waals surface area contributed by atoms with Crippen LogP contribution in [0.4, 0.5) is 11.4 Å². The summed E-state index contributed by atoms with van der Waals surface area (Å²) in [6, 6.07) is 13.1. The summed E-state index contributed by atoms with van der Waals surface area (Å²) in [5.41, 5.74) is 3.46. The average molecular weight is 491 g/mol. The first-order valence-corrected chi connectivity index (χ1v) is 16.1. The lowest BCUT2D eigenvalue weighted by molar-refractivity contribution is 0.260. The van der Waals surface area contributed by atoms with Crippen LogP contribution in [0.15, 0.2) is 47.4 Å². The van der Waals surface area contributed by atoms with Gasteiger partial charge in [0.2, 0.25) is 0 Å². The molecule has 0 saturated heterocycles. The third-order valence-corrected chi connectivity index (χ3v) is 12.4. The van der Waals surface area contributed by atoms with Crippen molar-refractivity contribution in [1.82, 2.24) is 0 Å². The minimum atomic E-state index is -3.71. The topological polar surface area (TPSA) is 58.6 Å². The van der Waals surface area contributed by atoms with Gasteiger partial charge >= 0.3 is 0 Å². The van der Waals surface area contributed by atoms with Gasteiger partial charge in [-0.3, -0.25) is 4.72 Å². The lowest BCUT2D eigenvalue weighted by atomic mass is 10.1. The van der Waals surface area contributed by atoms with E-state index in [1.54, 1.807) is 12.1 Å². The standard InChI is InChI=1S/C26H42N2O3SSi/c1-19(2)28(22(5)18-31-33(9,10)26(6,7)8)25-16-13-21(4)17-24(25)27-32(29,30)23-14-11-20(3)12-15-23/h11-17,19,22,27H,18H2,1-10H3. The Morgan fingerprint density at radius 2 is 1.52 bits per heavy atom. The SMILES string of the molecule is Cc1ccc(S(=O)(=O)Nc2cc(C)ccc2N(C(C)C)C(C)CO[Si](C)(C)C(C)(C)C)cc1. The Morgan fingerprint density at radius 3 is 2.03 bits per heavy atom. The maximum atomic E-state index is 13.2. The molecule has 0 aliphatic carbocycles. The maximum absolute atomic E-state index is 13.2. The first kappa shape index (κ1) is 27.4. The van der Waals surface area contributed by atoms with Crippen LogP contribution in [0.25, 0.3) is 0 Å². The monoisotopic (exact) mass is 490 g/mol. The second-order valence-electron chi connectivity index (χ2n) is 10.9. The van der Waals surface area contributed by atoms with Gasteiger partial charge < -0.3 is 9.33 Å². The van der Waals surface area contributed by atoms with Gasteiger partial charge in [0.15, 0.2) is 8.32 Å². The number of nitrogens with one attached hydrogen (secondary N) is 1. The zero-order chi connectivity index (χ0) is 25.2. The zero-order valence-electron chi connectivity index (χ0n) is 22.0. The molecule has 33 heavy (non-hydrogen) atoms. The van der Waals surface area contributed by atoms with Crippen LogP contribution in [0.1, 0.15) is 52.7 Å². The zero-order valence-corrected chi connectivity index (χ0v) is 23.8. The van der Waals surface area contributed by atoms with Gasteiger partial charge in [0.25, 0.3) is 10.0 Å². The fourth-order valence-corrected chi connectivity index (χ4v) is 5.68. The van der Waals surface area contributed by atoms with Crippen LogP contribution in [0.5, 0.6) is 0 Å². The molecule has 1 N–H and O–H groups in total. The second-order valence-corrected chi connectivity index (χ2v) is 17.4. The van der Waals surface area contributed by atoms with E-state index < -0.39 is 18.3 Å². The third-order valence-electron chi connectivity index (χ3n) is 6.53. The average Bonchev–Trinajstić information content (AvgIpc) is 2.67. The fraction of sp³-hybridized carbons (Fsp3) is 0.538. The maximum Gasteiger partial charge on any atom is 0.261 e. The Labute approximate surface area is 202 Å². The lowest BCUT2D eigenvalue weighted by Gasteiger charge is -2.41. The van der Waals surface area contributed by atoms with Gasteiger partial charge in [0.1, 0.15) is 0 Å². The number of rotatable bonds is 9. The highest BCUT2D eigenvalue weighted by Gasteiger charge is 2.38. The molecule has 7 heteroatoms. The molecular weight excluding hydrogens is 448 g/mol. The number of hydrogen-bond acceptors (Lipinski definition) is 4. The minimum Gasteiger partial charge on any atom is -0.415 e. The van der Waals surface area contributed by atoms with E-state index in [1.807, 2.05) is 44.2 Å². The predicted molar refractivity (Wildman–Crippen MR) is 143 cm³/mol.